The Morgan fingerprint density at radius 2 is 2.12 bits per heavy atom. The van der Waals surface area contributed by atoms with Crippen LogP contribution in [0, 0.1) is 0 Å². The molecular weight excluding hydrogens is 246 g/mol. The summed E-state index contributed by atoms with van der Waals surface area (Å²) in [6, 6.07) is 7.51. The Morgan fingerprint density at radius 1 is 1.44 bits per heavy atom. The Bertz CT molecular complexity index is 469. The van der Waals surface area contributed by atoms with Crippen molar-refractivity contribution >= 4 is 39.4 Å². The number of nitrogens with zero attached hydrogens (tertiary/aromatic N) is 2. The molecule has 2 unspecified atom stereocenters. The van der Waals surface area contributed by atoms with Crippen LogP contribution in [-0.4, -0.2) is 17.1 Å². The van der Waals surface area contributed by atoms with E-state index < -0.39 is 5.62 Å². The van der Waals surface area contributed by atoms with Gasteiger partial charge in [0.25, 0.3) is 0 Å². The highest BCUT2D eigenvalue weighted by molar-refractivity contribution is 8.00. The minimum Gasteiger partial charge on any atom is -0.326 e. The lowest BCUT2D eigenvalue weighted by Crippen LogP contribution is -2.05. The summed E-state index contributed by atoms with van der Waals surface area (Å²) in [5.41, 5.74) is 2.07. The second-order valence-electron chi connectivity index (χ2n) is 3.19. The van der Waals surface area contributed by atoms with Crippen LogP contribution in [-0.2, 0) is 15.5 Å². The molecule has 6 heteroatoms. The third-order valence-corrected chi connectivity index (χ3v) is 3.73. The first-order valence-corrected chi connectivity index (χ1v) is 6.32. The van der Waals surface area contributed by atoms with Gasteiger partial charge >= 0.3 is 0 Å². The number of hydrogen-bond acceptors (Lipinski definition) is 3. The highest BCUT2D eigenvalue weighted by Gasteiger charge is 2.09. The Kier molecular flexibility index (Phi) is 3.36. The van der Waals surface area contributed by atoms with Crippen LogP contribution in [0.2, 0.25) is 0 Å². The predicted octanol–water partition coefficient (Wildman–Crippen LogP) is 2.37. The lowest BCUT2D eigenvalue weighted by molar-refractivity contribution is -0.114. The monoisotopic (exact) mass is 255 g/mol. The number of anilines is 1. The first-order valence-electron chi connectivity index (χ1n) is 4.64. The second-order valence-corrected chi connectivity index (χ2v) is 5.10. The van der Waals surface area contributed by atoms with Gasteiger partial charge in [-0.2, -0.15) is 0 Å². The molecule has 0 bridgehead atoms. The third kappa shape index (κ3) is 2.68. The van der Waals surface area contributed by atoms with Crippen LogP contribution >= 0.6 is 11.6 Å². The van der Waals surface area contributed by atoms with Crippen molar-refractivity contribution in [3.63, 3.8) is 0 Å². The topological polar surface area (TPSA) is 53.8 Å². The van der Waals surface area contributed by atoms with Gasteiger partial charge in [0.1, 0.15) is 0 Å². The Hall–Kier alpha value is -1.20. The zero-order valence-corrected chi connectivity index (χ0v) is 10.1. The van der Waals surface area contributed by atoms with E-state index in [2.05, 4.69) is 14.7 Å². The first-order chi connectivity index (χ1) is 7.65. The summed E-state index contributed by atoms with van der Waals surface area (Å²) >= 11 is 5.74. The fraction of sp³-hybridized carbons (Fsp3) is 0.200. The van der Waals surface area contributed by atoms with E-state index in [0.29, 0.717) is 0 Å². The number of halogens is 1. The van der Waals surface area contributed by atoms with Crippen LogP contribution in [0.1, 0.15) is 6.92 Å². The van der Waals surface area contributed by atoms with E-state index in [1.807, 2.05) is 24.3 Å². The number of aliphatic imine (C=N–C) groups is 1. The number of alkyl halides is 1. The van der Waals surface area contributed by atoms with E-state index in [-0.39, 0.29) is 16.6 Å². The summed E-state index contributed by atoms with van der Waals surface area (Å²) in [6.45, 7) is 1.48. The number of carbonyl (C=O) groups is 1. The zero-order valence-electron chi connectivity index (χ0n) is 8.55. The van der Waals surface area contributed by atoms with Crippen LogP contribution < -0.4 is 5.32 Å². The number of amides is 1. The smallest absolute Gasteiger partial charge is 0.222 e. The molecule has 0 saturated heterocycles. The fourth-order valence-electron chi connectivity index (χ4n) is 1.26. The Balaban J connectivity index is 2.17. The Labute approximate surface area is 101 Å². The van der Waals surface area contributed by atoms with Crippen LogP contribution in [0.4, 0.5) is 5.69 Å². The average molecular weight is 256 g/mol. The van der Waals surface area contributed by atoms with E-state index in [4.69, 9.17) is 11.6 Å². The summed E-state index contributed by atoms with van der Waals surface area (Å²) < 4.78 is 4.23. The number of benzene rings is 1. The fourth-order valence-corrected chi connectivity index (χ4v) is 2.82. The molecule has 1 aliphatic rings. The third-order valence-electron chi connectivity index (χ3n) is 1.90. The van der Waals surface area contributed by atoms with Gasteiger partial charge in [-0.05, 0) is 35.0 Å². The molecule has 1 heterocycles. The molecule has 2 atom stereocenters. The number of hydrogen-bond donors (Lipinski definition) is 1. The molecule has 16 heavy (non-hydrogen) atoms. The molecule has 0 spiro atoms. The van der Waals surface area contributed by atoms with Gasteiger partial charge in [0.05, 0.1) is 5.55 Å². The summed E-state index contributed by atoms with van der Waals surface area (Å²) in [4.78, 5) is 15.9. The van der Waals surface area contributed by atoms with Gasteiger partial charge in [0, 0.05) is 17.5 Å². The van der Waals surface area contributed by atoms with Gasteiger partial charge in [0.15, 0.2) is 0 Å². The standard InChI is InChI=1S/C10H10ClN3OS/c1-7(15)13-8-2-4-9(5-3-8)16-6-12-10(11)14-16/h2-6,10H,1H3,(H,13,15). The van der Waals surface area contributed by atoms with Gasteiger partial charge in [-0.15, -0.1) is 0 Å². The first kappa shape index (κ1) is 11.3. The molecule has 0 fully saturated rings. The van der Waals surface area contributed by atoms with E-state index in [0.717, 1.165) is 10.6 Å². The van der Waals surface area contributed by atoms with Crippen LogP contribution in [0.15, 0.2) is 38.5 Å². The lowest BCUT2D eigenvalue weighted by atomic mass is 10.3. The summed E-state index contributed by atoms with van der Waals surface area (Å²) in [6.07, 6.45) is 0. The quantitative estimate of drug-likeness (QED) is 0.640. The van der Waals surface area contributed by atoms with Gasteiger partial charge in [0.2, 0.25) is 11.5 Å². The van der Waals surface area contributed by atoms with Crippen molar-refractivity contribution in [2.45, 2.75) is 17.4 Å². The number of carbonyl (C=O) groups excluding carboxylic acids is 1. The molecule has 0 radical (unpaired) electrons. The van der Waals surface area contributed by atoms with Crippen molar-refractivity contribution in [1.29, 1.82) is 0 Å². The highest BCUT2D eigenvalue weighted by Crippen LogP contribution is 2.18. The largest absolute Gasteiger partial charge is 0.326 e. The zero-order chi connectivity index (χ0) is 11.5. The summed E-state index contributed by atoms with van der Waals surface area (Å²) in [5, 5.41) is 2.71. The summed E-state index contributed by atoms with van der Waals surface area (Å²) in [7, 11) is -0.353. The van der Waals surface area contributed by atoms with Crippen molar-refractivity contribution in [2.24, 2.45) is 9.36 Å². The number of rotatable bonds is 2. The minimum absolute atomic E-state index is 0.0804. The van der Waals surface area contributed by atoms with E-state index in [1.54, 1.807) is 5.55 Å². The minimum atomic E-state index is -0.460. The molecule has 1 amide bonds. The molecule has 1 N–H and O–H groups in total. The maximum Gasteiger partial charge on any atom is 0.222 e. The molecule has 0 saturated carbocycles. The molecule has 0 aliphatic carbocycles. The van der Waals surface area contributed by atoms with E-state index in [1.165, 1.54) is 6.92 Å². The van der Waals surface area contributed by atoms with Gasteiger partial charge in [-0.1, -0.05) is 11.6 Å². The maximum atomic E-state index is 10.8. The van der Waals surface area contributed by atoms with Crippen molar-refractivity contribution in [2.75, 3.05) is 5.32 Å². The predicted molar refractivity (Wildman–Crippen MR) is 66.9 cm³/mol. The molecular formula is C10H10ClN3OS. The molecule has 2 rings (SSSR count). The van der Waals surface area contributed by atoms with Crippen molar-refractivity contribution < 1.29 is 4.79 Å². The number of nitrogens with one attached hydrogen (secondary N) is 1. The molecule has 1 aromatic carbocycles. The van der Waals surface area contributed by atoms with Crippen molar-refractivity contribution in [3.8, 4) is 0 Å². The maximum absolute atomic E-state index is 10.8. The molecule has 1 aliphatic heterocycles. The summed E-state index contributed by atoms with van der Waals surface area (Å²) in [5.74, 6) is -0.0804. The van der Waals surface area contributed by atoms with Gasteiger partial charge < -0.3 is 5.32 Å². The van der Waals surface area contributed by atoms with Crippen molar-refractivity contribution in [3.05, 3.63) is 24.3 Å². The van der Waals surface area contributed by atoms with Crippen LogP contribution in [0.25, 0.3) is 0 Å². The molecule has 4 nitrogen and oxygen atoms in total. The van der Waals surface area contributed by atoms with E-state index in [9.17, 15) is 4.79 Å². The lowest BCUT2D eigenvalue weighted by Gasteiger charge is -2.03. The van der Waals surface area contributed by atoms with Gasteiger partial charge in [-0.3, -0.25) is 4.79 Å². The normalized spacial score (nSPS) is 22.9. The molecule has 84 valence electrons. The molecule has 1 aromatic rings. The second kappa shape index (κ2) is 4.76. The SMILES string of the molecule is CC(=O)Nc1ccc(S2=NC(Cl)N=C2)cc1. The van der Waals surface area contributed by atoms with Crippen LogP contribution in [0.3, 0.4) is 0 Å². The van der Waals surface area contributed by atoms with Gasteiger partial charge in [-0.25, -0.2) is 9.36 Å². The van der Waals surface area contributed by atoms with E-state index >= 15 is 0 Å². The average Bonchev–Trinajstić information content (AvgIpc) is 2.65. The molecule has 0 aromatic heterocycles. The highest BCUT2D eigenvalue weighted by atomic mass is 35.5. The Morgan fingerprint density at radius 3 is 2.62 bits per heavy atom. The van der Waals surface area contributed by atoms with Crippen molar-refractivity contribution in [1.82, 2.24) is 0 Å². The van der Waals surface area contributed by atoms with Crippen LogP contribution in [0.5, 0.6) is 0 Å².